The number of hydrogen-bond acceptors (Lipinski definition) is 0. The van der Waals surface area contributed by atoms with Gasteiger partial charge in [0.05, 0.1) is 0 Å². The van der Waals surface area contributed by atoms with Crippen molar-refractivity contribution in [3.63, 3.8) is 0 Å². The Morgan fingerprint density at radius 1 is 0.565 bits per heavy atom. The minimum absolute atomic E-state index is 1.19. The molecule has 0 radical (unpaired) electrons. The largest absolute Gasteiger partial charge is 0.0991 e. The lowest BCUT2D eigenvalue weighted by molar-refractivity contribution is 1.46. The fraction of sp³-hybridized carbons (Fsp3) is 0.391. The van der Waals surface area contributed by atoms with Crippen molar-refractivity contribution in [3.05, 3.63) is 85.6 Å². The Hall–Kier alpha value is -1.82. The summed E-state index contributed by atoms with van der Waals surface area (Å²) in [6.07, 6.45) is 17.4. The average Bonchev–Trinajstić information content (AvgIpc) is 2.65. The minimum Gasteiger partial charge on any atom is -0.0991 e. The summed E-state index contributed by atoms with van der Waals surface area (Å²) in [5.74, 6) is 0. The average molecular weight is 319 g/mol. The van der Waals surface area contributed by atoms with Crippen molar-refractivity contribution in [2.75, 3.05) is 0 Å². The maximum absolute atomic E-state index is 3.74. The van der Waals surface area contributed by atoms with Gasteiger partial charge in [-0.1, -0.05) is 102 Å². The maximum atomic E-state index is 3.74. The second-order valence-electron chi connectivity index (χ2n) is 3.33. The lowest BCUT2D eigenvalue weighted by Crippen LogP contribution is -1.80. The van der Waals surface area contributed by atoms with Gasteiger partial charge in [0.2, 0.25) is 0 Å². The fourth-order valence-corrected chi connectivity index (χ4v) is 0.941. The van der Waals surface area contributed by atoms with E-state index in [0.717, 1.165) is 0 Å². The van der Waals surface area contributed by atoms with Gasteiger partial charge in [-0.25, -0.2) is 0 Å². The summed E-state index contributed by atoms with van der Waals surface area (Å²) in [6.45, 7) is 28.5. The Balaban J connectivity index is -0.0000000747. The molecule has 0 aromatic carbocycles. The third-order valence-corrected chi connectivity index (χ3v) is 2.02. The molecule has 0 aliphatic carbocycles. The van der Waals surface area contributed by atoms with Crippen LogP contribution < -0.4 is 0 Å². The topological polar surface area (TPSA) is 0 Å². The summed E-state index contributed by atoms with van der Waals surface area (Å²) in [6, 6.07) is 0. The van der Waals surface area contributed by atoms with Crippen LogP contribution in [-0.2, 0) is 0 Å². The van der Waals surface area contributed by atoms with Crippen molar-refractivity contribution in [2.24, 2.45) is 0 Å². The van der Waals surface area contributed by atoms with Gasteiger partial charge in [0.1, 0.15) is 0 Å². The first-order chi connectivity index (χ1) is 11.1. The molecule has 0 fully saturated rings. The van der Waals surface area contributed by atoms with E-state index < -0.39 is 0 Å². The van der Waals surface area contributed by atoms with Gasteiger partial charge in [0.25, 0.3) is 0 Å². The van der Waals surface area contributed by atoms with E-state index in [-0.39, 0.29) is 0 Å². The van der Waals surface area contributed by atoms with Crippen LogP contribution in [0.3, 0.4) is 0 Å². The zero-order chi connectivity index (χ0) is 19.5. The number of hydrogen-bond donors (Lipinski definition) is 0. The Labute approximate surface area is 148 Å². The van der Waals surface area contributed by atoms with E-state index in [0.29, 0.717) is 0 Å². The van der Waals surface area contributed by atoms with E-state index in [2.05, 4.69) is 38.0 Å². The van der Waals surface area contributed by atoms with Crippen molar-refractivity contribution < 1.29 is 0 Å². The Bertz CT molecular complexity index is 323. The zero-order valence-corrected chi connectivity index (χ0v) is 17.3. The van der Waals surface area contributed by atoms with Gasteiger partial charge in [-0.15, -0.1) is 0 Å². The lowest BCUT2D eigenvalue weighted by Gasteiger charge is -1.99. The van der Waals surface area contributed by atoms with Crippen molar-refractivity contribution in [3.8, 4) is 0 Å². The molecular weight excluding hydrogens is 276 g/mol. The van der Waals surface area contributed by atoms with Crippen LogP contribution in [0.25, 0.3) is 0 Å². The molecule has 0 aliphatic heterocycles. The molecule has 0 saturated carbocycles. The van der Waals surface area contributed by atoms with Gasteiger partial charge in [-0.3, -0.25) is 0 Å². The molecule has 0 unspecified atom stereocenters. The fourth-order valence-electron chi connectivity index (χ4n) is 0.941. The SMILES string of the molecule is C/C=C\C.C=CC(=C\C)/C(/C=C\C)=C/C.C=CC=C.CC.CC. The molecule has 0 saturated heterocycles. The van der Waals surface area contributed by atoms with Crippen LogP contribution in [0.1, 0.15) is 62.3 Å². The Kier molecular flexibility index (Phi) is 61.2. The summed E-state index contributed by atoms with van der Waals surface area (Å²) in [4.78, 5) is 0. The van der Waals surface area contributed by atoms with Crippen LogP contribution in [0, 0.1) is 0 Å². The molecule has 0 aromatic rings. The standard InChI is InChI=1S/C11H16.C4H8.C4H6.2C2H6/c1-5-9-11(8-4)10(6-2)7-3;2*1-3-4-2;2*1-2/h5-9H,2H2,1,3-4H3;3-4H,1-2H3;3-4H,1-2H2;2*1-2H3/b9-5-,10-7+,11-8+;4-3-;;;. The van der Waals surface area contributed by atoms with E-state index in [1.165, 1.54) is 11.1 Å². The first kappa shape index (κ1) is 32.9. The Morgan fingerprint density at radius 2 is 0.913 bits per heavy atom. The molecule has 0 spiro atoms. The van der Waals surface area contributed by atoms with Gasteiger partial charge in [0.15, 0.2) is 0 Å². The van der Waals surface area contributed by atoms with Crippen molar-refractivity contribution in [1.29, 1.82) is 0 Å². The highest BCUT2D eigenvalue weighted by molar-refractivity contribution is 5.44. The lowest BCUT2D eigenvalue weighted by atomic mass is 10.1. The minimum atomic E-state index is 1.19. The summed E-state index contributed by atoms with van der Waals surface area (Å²) in [5, 5.41) is 0. The second-order valence-corrected chi connectivity index (χ2v) is 3.33. The first-order valence-corrected chi connectivity index (χ1v) is 8.52. The predicted molar refractivity (Wildman–Crippen MR) is 116 cm³/mol. The van der Waals surface area contributed by atoms with Gasteiger partial charge in [-0.2, -0.15) is 0 Å². The van der Waals surface area contributed by atoms with E-state index in [4.69, 9.17) is 0 Å². The normalized spacial score (nSPS) is 9.78. The molecule has 0 amide bonds. The van der Waals surface area contributed by atoms with Crippen molar-refractivity contribution in [2.45, 2.75) is 62.3 Å². The molecule has 0 atom stereocenters. The van der Waals surface area contributed by atoms with E-state index in [9.17, 15) is 0 Å². The van der Waals surface area contributed by atoms with E-state index >= 15 is 0 Å². The van der Waals surface area contributed by atoms with Crippen LogP contribution in [0.2, 0.25) is 0 Å². The van der Waals surface area contributed by atoms with Gasteiger partial charge >= 0.3 is 0 Å². The van der Waals surface area contributed by atoms with Crippen LogP contribution in [0.4, 0.5) is 0 Å². The molecule has 0 aromatic heterocycles. The van der Waals surface area contributed by atoms with E-state index in [1.54, 1.807) is 12.2 Å². The van der Waals surface area contributed by atoms with Gasteiger partial charge in [0, 0.05) is 0 Å². The Morgan fingerprint density at radius 3 is 1.04 bits per heavy atom. The van der Waals surface area contributed by atoms with Crippen LogP contribution in [0.5, 0.6) is 0 Å². The highest BCUT2D eigenvalue weighted by Gasteiger charge is 1.92. The smallest absolute Gasteiger partial charge is 0.0234 e. The molecule has 134 valence electrons. The highest BCUT2D eigenvalue weighted by Crippen LogP contribution is 2.11. The molecule has 0 aliphatic rings. The van der Waals surface area contributed by atoms with Crippen LogP contribution in [0.15, 0.2) is 85.6 Å². The van der Waals surface area contributed by atoms with Gasteiger partial charge < -0.3 is 0 Å². The van der Waals surface area contributed by atoms with Crippen molar-refractivity contribution >= 4 is 0 Å². The molecule has 0 bridgehead atoms. The molecule has 23 heavy (non-hydrogen) atoms. The highest BCUT2D eigenvalue weighted by atomic mass is 14.0. The molecule has 0 heteroatoms. The quantitative estimate of drug-likeness (QED) is 0.359. The van der Waals surface area contributed by atoms with E-state index in [1.807, 2.05) is 86.6 Å². The third-order valence-electron chi connectivity index (χ3n) is 2.02. The molecule has 0 nitrogen and oxygen atoms in total. The molecular formula is C23H42. The first-order valence-electron chi connectivity index (χ1n) is 8.52. The third kappa shape index (κ3) is 38.4. The predicted octanol–water partition coefficient (Wildman–Crippen LogP) is 8.63. The number of rotatable bonds is 4. The maximum Gasteiger partial charge on any atom is -0.0234 e. The summed E-state index contributed by atoms with van der Waals surface area (Å²) < 4.78 is 0. The molecule has 0 N–H and O–H groups in total. The zero-order valence-electron chi connectivity index (χ0n) is 17.3. The number of allylic oxidation sites excluding steroid dienone is 11. The monoisotopic (exact) mass is 318 g/mol. The molecule has 0 rings (SSSR count). The molecule has 0 heterocycles. The second kappa shape index (κ2) is 42.7. The van der Waals surface area contributed by atoms with Crippen LogP contribution in [-0.4, -0.2) is 0 Å². The summed E-state index contributed by atoms with van der Waals surface area (Å²) in [7, 11) is 0. The van der Waals surface area contributed by atoms with Gasteiger partial charge in [-0.05, 0) is 45.8 Å². The summed E-state index contributed by atoms with van der Waals surface area (Å²) in [5.41, 5.74) is 2.41. The van der Waals surface area contributed by atoms with Crippen LogP contribution >= 0.6 is 0 Å². The van der Waals surface area contributed by atoms with Crippen molar-refractivity contribution in [1.82, 2.24) is 0 Å². The summed E-state index contributed by atoms with van der Waals surface area (Å²) >= 11 is 0.